The number of ether oxygens (including phenoxy) is 1. The Hall–Kier alpha value is -3.68. The molecule has 8 nitrogen and oxygen atoms in total. The summed E-state index contributed by atoms with van der Waals surface area (Å²) in [7, 11) is 0. The zero-order chi connectivity index (χ0) is 21.7. The molecule has 0 saturated heterocycles. The van der Waals surface area contributed by atoms with E-state index < -0.39 is 12.1 Å². The number of amides is 2. The van der Waals surface area contributed by atoms with E-state index in [1.165, 1.54) is 25.3 Å². The van der Waals surface area contributed by atoms with E-state index in [0.717, 1.165) is 19.2 Å². The van der Waals surface area contributed by atoms with Crippen LogP contribution in [0.5, 0.6) is 5.88 Å². The Balaban J connectivity index is 1.91. The number of pyridine rings is 1. The van der Waals surface area contributed by atoms with Gasteiger partial charge < -0.3 is 15.4 Å². The van der Waals surface area contributed by atoms with Crippen molar-refractivity contribution in [2.45, 2.75) is 25.9 Å². The van der Waals surface area contributed by atoms with E-state index in [1.807, 2.05) is 0 Å². The minimum atomic E-state index is -5.10. The lowest BCUT2D eigenvalue weighted by molar-refractivity contribution is -0.167. The van der Waals surface area contributed by atoms with Gasteiger partial charge in [-0.25, -0.2) is 9.97 Å². The molecule has 11 heteroatoms. The van der Waals surface area contributed by atoms with E-state index in [1.54, 1.807) is 5.32 Å². The Morgan fingerprint density at radius 2 is 1.97 bits per heavy atom. The van der Waals surface area contributed by atoms with Gasteiger partial charge in [-0.3, -0.25) is 9.59 Å². The highest BCUT2D eigenvalue weighted by Gasteiger charge is 2.39. The summed E-state index contributed by atoms with van der Waals surface area (Å²) >= 11 is 0. The molecular weight excluding hydrogens is 403 g/mol. The maximum atomic E-state index is 12.8. The van der Waals surface area contributed by atoms with Crippen LogP contribution in [-0.2, 0) is 9.59 Å². The Bertz CT molecular complexity index is 1030. The van der Waals surface area contributed by atoms with Gasteiger partial charge in [0.15, 0.2) is 0 Å². The minimum Gasteiger partial charge on any atom is -0.476 e. The molecule has 0 aromatic carbocycles. The van der Waals surface area contributed by atoms with E-state index in [4.69, 9.17) is 4.74 Å². The van der Waals surface area contributed by atoms with Crippen molar-refractivity contribution < 1.29 is 27.5 Å². The quantitative estimate of drug-likeness (QED) is 0.722. The predicted molar refractivity (Wildman–Crippen MR) is 99.5 cm³/mol. The highest BCUT2D eigenvalue weighted by atomic mass is 19.4. The van der Waals surface area contributed by atoms with Gasteiger partial charge in [0.1, 0.15) is 23.5 Å². The number of aromatic nitrogens is 3. The van der Waals surface area contributed by atoms with Gasteiger partial charge in [-0.2, -0.15) is 18.2 Å². The van der Waals surface area contributed by atoms with E-state index >= 15 is 0 Å². The summed E-state index contributed by atoms with van der Waals surface area (Å²) in [5, 5.41) is 4.25. The predicted octanol–water partition coefficient (Wildman–Crippen LogP) is 2.52. The van der Waals surface area contributed by atoms with Crippen LogP contribution in [0.3, 0.4) is 0 Å². The maximum absolute atomic E-state index is 12.8. The summed E-state index contributed by atoms with van der Waals surface area (Å²) < 4.78 is 43.7. The SMILES string of the molecule is CC(=O)Nc1cc(C#Cc2ncnc(OCC3CC3)c2NC(=O)C(F)(F)F)ccn1. The van der Waals surface area contributed by atoms with Crippen molar-refractivity contribution in [2.75, 3.05) is 17.2 Å². The smallest absolute Gasteiger partial charge is 0.471 e. The van der Waals surface area contributed by atoms with Crippen molar-refractivity contribution in [1.29, 1.82) is 0 Å². The first-order valence-corrected chi connectivity index (χ1v) is 8.84. The molecular formula is C19H16F3N5O3. The summed E-state index contributed by atoms with van der Waals surface area (Å²) in [6, 6.07) is 3.02. The zero-order valence-corrected chi connectivity index (χ0v) is 15.7. The molecule has 0 bridgehead atoms. The van der Waals surface area contributed by atoms with Crippen LogP contribution in [0.15, 0.2) is 24.7 Å². The molecule has 2 heterocycles. The Labute approximate surface area is 169 Å². The molecule has 3 rings (SSSR count). The molecule has 156 valence electrons. The molecule has 1 saturated carbocycles. The molecule has 1 fully saturated rings. The van der Waals surface area contributed by atoms with Crippen LogP contribution in [0.2, 0.25) is 0 Å². The van der Waals surface area contributed by atoms with Crippen molar-refractivity contribution in [3.05, 3.63) is 35.9 Å². The summed E-state index contributed by atoms with van der Waals surface area (Å²) in [4.78, 5) is 34.3. The van der Waals surface area contributed by atoms with E-state index in [9.17, 15) is 22.8 Å². The van der Waals surface area contributed by atoms with Crippen LogP contribution in [-0.4, -0.2) is 39.5 Å². The number of anilines is 2. The average Bonchev–Trinajstić information content (AvgIpc) is 3.49. The number of alkyl halides is 3. The summed E-state index contributed by atoms with van der Waals surface area (Å²) in [6.07, 6.45) is -0.690. The topological polar surface area (TPSA) is 106 Å². The fourth-order valence-corrected chi connectivity index (χ4v) is 2.24. The second-order valence-corrected chi connectivity index (χ2v) is 6.47. The first-order chi connectivity index (χ1) is 14.2. The van der Waals surface area contributed by atoms with Gasteiger partial charge in [0, 0.05) is 18.7 Å². The zero-order valence-electron chi connectivity index (χ0n) is 15.7. The molecule has 0 unspecified atom stereocenters. The maximum Gasteiger partial charge on any atom is 0.471 e. The van der Waals surface area contributed by atoms with Gasteiger partial charge in [-0.15, -0.1) is 0 Å². The summed E-state index contributed by atoms with van der Waals surface area (Å²) in [5.74, 6) is 3.19. The molecule has 2 amide bonds. The van der Waals surface area contributed by atoms with E-state index in [0.29, 0.717) is 11.5 Å². The number of hydrogen-bond acceptors (Lipinski definition) is 6. The lowest BCUT2D eigenvalue weighted by atomic mass is 10.2. The third kappa shape index (κ3) is 5.91. The number of nitrogens with one attached hydrogen (secondary N) is 2. The Kier molecular flexibility index (Phi) is 6.15. The molecule has 2 N–H and O–H groups in total. The van der Waals surface area contributed by atoms with Gasteiger partial charge in [-0.05, 0) is 36.8 Å². The van der Waals surface area contributed by atoms with Gasteiger partial charge in [0.25, 0.3) is 0 Å². The summed E-state index contributed by atoms with van der Waals surface area (Å²) in [6.45, 7) is 1.59. The van der Waals surface area contributed by atoms with Crippen LogP contribution in [0.25, 0.3) is 0 Å². The van der Waals surface area contributed by atoms with Gasteiger partial charge in [0.05, 0.1) is 6.61 Å². The van der Waals surface area contributed by atoms with Crippen LogP contribution in [0.1, 0.15) is 31.0 Å². The monoisotopic (exact) mass is 419 g/mol. The van der Waals surface area contributed by atoms with Crippen molar-refractivity contribution in [3.63, 3.8) is 0 Å². The first-order valence-electron chi connectivity index (χ1n) is 8.84. The highest BCUT2D eigenvalue weighted by Crippen LogP contribution is 2.32. The summed E-state index contributed by atoms with van der Waals surface area (Å²) in [5.41, 5.74) is -0.0867. The van der Waals surface area contributed by atoms with Crippen molar-refractivity contribution in [2.24, 2.45) is 5.92 Å². The fraction of sp³-hybridized carbons (Fsp3) is 0.316. The molecule has 0 spiro atoms. The number of hydrogen-bond donors (Lipinski definition) is 2. The minimum absolute atomic E-state index is 0.147. The average molecular weight is 419 g/mol. The molecule has 0 atom stereocenters. The lowest BCUT2D eigenvalue weighted by Gasteiger charge is -2.13. The largest absolute Gasteiger partial charge is 0.476 e. The van der Waals surface area contributed by atoms with Gasteiger partial charge >= 0.3 is 12.1 Å². The van der Waals surface area contributed by atoms with Crippen molar-refractivity contribution in [3.8, 4) is 17.7 Å². The fourth-order valence-electron chi connectivity index (χ4n) is 2.24. The van der Waals surface area contributed by atoms with Crippen LogP contribution in [0, 0.1) is 17.8 Å². The van der Waals surface area contributed by atoms with Gasteiger partial charge in [0.2, 0.25) is 11.8 Å². The molecule has 2 aromatic rings. The highest BCUT2D eigenvalue weighted by molar-refractivity contribution is 5.97. The first kappa shape index (κ1) is 21.0. The van der Waals surface area contributed by atoms with Crippen molar-refractivity contribution >= 4 is 23.3 Å². The van der Waals surface area contributed by atoms with Crippen LogP contribution < -0.4 is 15.4 Å². The third-order valence-electron chi connectivity index (χ3n) is 3.85. The lowest BCUT2D eigenvalue weighted by Crippen LogP contribution is -2.30. The third-order valence-corrected chi connectivity index (χ3v) is 3.85. The van der Waals surface area contributed by atoms with Gasteiger partial charge in [-0.1, -0.05) is 5.92 Å². The molecule has 0 radical (unpaired) electrons. The van der Waals surface area contributed by atoms with Crippen LogP contribution in [0.4, 0.5) is 24.7 Å². The van der Waals surface area contributed by atoms with Crippen LogP contribution >= 0.6 is 0 Å². The number of carbonyl (C=O) groups excluding carboxylic acids is 2. The molecule has 0 aliphatic heterocycles. The Morgan fingerprint density at radius 3 is 2.63 bits per heavy atom. The van der Waals surface area contributed by atoms with E-state index in [-0.39, 0.29) is 35.6 Å². The molecule has 1 aliphatic rings. The number of carbonyl (C=O) groups is 2. The standard InChI is InChI=1S/C19H16F3N5O3/c1-11(28)26-15-8-12(6-7-23-15)4-5-14-16(27-18(29)19(20,21)22)17(25-10-24-14)30-9-13-2-3-13/h6-8,10,13H,2-3,9H2,1H3,(H,27,29)(H,23,26,28). The van der Waals surface area contributed by atoms with Crippen molar-refractivity contribution in [1.82, 2.24) is 15.0 Å². The second-order valence-electron chi connectivity index (χ2n) is 6.47. The molecule has 30 heavy (non-hydrogen) atoms. The molecule has 1 aliphatic carbocycles. The number of nitrogens with zero attached hydrogens (tertiary/aromatic N) is 3. The normalized spacial score (nSPS) is 13.1. The number of rotatable bonds is 5. The molecule has 2 aromatic heterocycles. The Morgan fingerprint density at radius 1 is 1.20 bits per heavy atom. The second kappa shape index (κ2) is 8.77. The number of halogens is 3. The van der Waals surface area contributed by atoms with E-state index in [2.05, 4.69) is 32.1 Å².